The highest BCUT2D eigenvalue weighted by Gasteiger charge is 2.14. The van der Waals surface area contributed by atoms with Gasteiger partial charge in [0, 0.05) is 23.5 Å². The summed E-state index contributed by atoms with van der Waals surface area (Å²) < 4.78 is 28.6. The van der Waals surface area contributed by atoms with Crippen LogP contribution < -0.4 is 0 Å². The Balaban J connectivity index is 1.90. The Hall–Kier alpha value is -3.06. The van der Waals surface area contributed by atoms with E-state index in [0.717, 1.165) is 17.5 Å². The van der Waals surface area contributed by atoms with Gasteiger partial charge in [-0.15, -0.1) is 5.92 Å². The zero-order chi connectivity index (χ0) is 18.5. The van der Waals surface area contributed by atoms with Crippen LogP contribution in [0.1, 0.15) is 31.4 Å². The molecule has 2 nitrogen and oxygen atoms in total. The number of rotatable bonds is 4. The molecule has 0 amide bonds. The minimum atomic E-state index is -0.803. The Morgan fingerprint density at radius 3 is 2.15 bits per heavy atom. The molecule has 0 aliphatic rings. The summed E-state index contributed by atoms with van der Waals surface area (Å²) in [4.78, 5) is 8.57. The largest absolute Gasteiger partial charge is 0.235 e. The monoisotopic (exact) mass is 348 g/mol. The Kier molecular flexibility index (Phi) is 5.38. The summed E-state index contributed by atoms with van der Waals surface area (Å²) in [6.07, 6.45) is 4.62. The van der Waals surface area contributed by atoms with Crippen LogP contribution >= 0.6 is 0 Å². The molecule has 0 saturated heterocycles. The molecule has 0 spiro atoms. The van der Waals surface area contributed by atoms with E-state index in [1.54, 1.807) is 55.7 Å². The average molecular weight is 348 g/mol. The van der Waals surface area contributed by atoms with Crippen molar-refractivity contribution in [1.29, 1.82) is 0 Å². The van der Waals surface area contributed by atoms with Gasteiger partial charge in [0.25, 0.3) is 0 Å². The molecule has 4 heteroatoms. The number of aryl methyl sites for hydroxylation is 1. The summed E-state index contributed by atoms with van der Waals surface area (Å²) in [6.45, 7) is 3.69. The van der Waals surface area contributed by atoms with E-state index in [1.807, 2.05) is 6.92 Å². The zero-order valence-corrected chi connectivity index (χ0v) is 14.7. The van der Waals surface area contributed by atoms with Crippen LogP contribution in [-0.4, -0.2) is 9.97 Å². The molecule has 3 rings (SSSR count). The molecule has 0 bridgehead atoms. The van der Waals surface area contributed by atoms with Gasteiger partial charge in [0.1, 0.15) is 0 Å². The first kappa shape index (κ1) is 17.8. The predicted molar refractivity (Wildman–Crippen MR) is 99.4 cm³/mol. The third-order valence-electron chi connectivity index (χ3n) is 4.06. The Morgan fingerprint density at radius 1 is 0.885 bits per heavy atom. The minimum Gasteiger partial charge on any atom is -0.235 e. The van der Waals surface area contributed by atoms with Gasteiger partial charge >= 0.3 is 0 Å². The van der Waals surface area contributed by atoms with Crippen molar-refractivity contribution < 1.29 is 8.78 Å². The Labute approximate surface area is 152 Å². The summed E-state index contributed by atoms with van der Waals surface area (Å²) in [6, 6.07) is 10.4. The maximum Gasteiger partial charge on any atom is 0.166 e. The lowest BCUT2D eigenvalue weighted by Gasteiger charge is -2.09. The third-order valence-corrected chi connectivity index (χ3v) is 4.06. The van der Waals surface area contributed by atoms with Crippen LogP contribution in [0, 0.1) is 23.5 Å². The van der Waals surface area contributed by atoms with Crippen LogP contribution in [-0.2, 0) is 6.42 Å². The summed E-state index contributed by atoms with van der Waals surface area (Å²) in [5.74, 6) is 4.68. The molecule has 0 N–H and O–H groups in total. The summed E-state index contributed by atoms with van der Waals surface area (Å²) in [7, 11) is 0. The van der Waals surface area contributed by atoms with Gasteiger partial charge in [-0.1, -0.05) is 55.7 Å². The van der Waals surface area contributed by atoms with Gasteiger partial charge in [-0.05, 0) is 24.5 Å². The minimum absolute atomic E-state index is 0.253. The molecular formula is C22H18F2N2. The second kappa shape index (κ2) is 7.88. The normalized spacial score (nSPS) is 10.3. The fourth-order valence-electron chi connectivity index (χ4n) is 2.76. The molecular weight excluding hydrogens is 330 g/mol. The molecule has 2 aromatic carbocycles. The lowest BCUT2D eigenvalue weighted by atomic mass is 9.99. The standard InChI is InChI=1S/C22H18F2N2/c1-3-5-15-13-25-22(26-14-15)18-9-7-16(8-10-18)19-12-11-17(6-4-2)20(23)21(19)24/h7-14H,4,6H2,1-2H3. The number of halogens is 2. The molecule has 0 saturated carbocycles. The summed E-state index contributed by atoms with van der Waals surface area (Å²) in [5, 5.41) is 0. The van der Waals surface area contributed by atoms with Gasteiger partial charge in [-0.3, -0.25) is 0 Å². The van der Waals surface area contributed by atoms with E-state index in [-0.39, 0.29) is 5.56 Å². The molecule has 0 atom stereocenters. The summed E-state index contributed by atoms with van der Waals surface area (Å²) in [5.41, 5.74) is 2.82. The van der Waals surface area contributed by atoms with E-state index in [9.17, 15) is 8.78 Å². The highest BCUT2D eigenvalue weighted by Crippen LogP contribution is 2.28. The number of aromatic nitrogens is 2. The lowest BCUT2D eigenvalue weighted by molar-refractivity contribution is 0.500. The van der Waals surface area contributed by atoms with E-state index in [0.29, 0.717) is 23.4 Å². The Bertz CT molecular complexity index is 966. The second-order valence-corrected chi connectivity index (χ2v) is 5.90. The molecule has 1 heterocycles. The van der Waals surface area contributed by atoms with Crippen molar-refractivity contribution in [3.63, 3.8) is 0 Å². The van der Waals surface area contributed by atoms with Gasteiger partial charge in [0.2, 0.25) is 0 Å². The first-order valence-electron chi connectivity index (χ1n) is 8.46. The van der Waals surface area contributed by atoms with Crippen LogP contribution in [0.15, 0.2) is 48.8 Å². The van der Waals surface area contributed by atoms with Crippen molar-refractivity contribution in [2.75, 3.05) is 0 Å². The highest BCUT2D eigenvalue weighted by atomic mass is 19.2. The number of hydrogen-bond acceptors (Lipinski definition) is 2. The average Bonchev–Trinajstić information content (AvgIpc) is 2.67. The number of hydrogen-bond donors (Lipinski definition) is 0. The highest BCUT2D eigenvalue weighted by molar-refractivity contribution is 5.68. The number of nitrogens with zero attached hydrogens (tertiary/aromatic N) is 2. The molecule has 1 aromatic heterocycles. The zero-order valence-electron chi connectivity index (χ0n) is 14.7. The maximum absolute atomic E-state index is 14.4. The van der Waals surface area contributed by atoms with Gasteiger partial charge in [-0.2, -0.15) is 0 Å². The van der Waals surface area contributed by atoms with E-state index in [1.165, 1.54) is 0 Å². The van der Waals surface area contributed by atoms with E-state index in [4.69, 9.17) is 0 Å². The van der Waals surface area contributed by atoms with Crippen molar-refractivity contribution in [3.05, 3.63) is 71.6 Å². The van der Waals surface area contributed by atoms with Crippen LogP contribution in [0.5, 0.6) is 0 Å². The fourth-order valence-corrected chi connectivity index (χ4v) is 2.76. The van der Waals surface area contributed by atoms with Crippen molar-refractivity contribution in [1.82, 2.24) is 9.97 Å². The second-order valence-electron chi connectivity index (χ2n) is 5.90. The molecule has 0 unspecified atom stereocenters. The predicted octanol–water partition coefficient (Wildman–Crippen LogP) is 5.41. The van der Waals surface area contributed by atoms with Crippen molar-refractivity contribution in [3.8, 4) is 34.4 Å². The molecule has 0 aliphatic heterocycles. The van der Waals surface area contributed by atoms with Crippen LogP contribution in [0.4, 0.5) is 8.78 Å². The molecule has 0 fully saturated rings. The van der Waals surface area contributed by atoms with Crippen molar-refractivity contribution in [2.45, 2.75) is 26.7 Å². The van der Waals surface area contributed by atoms with Gasteiger partial charge in [0.15, 0.2) is 17.5 Å². The number of benzene rings is 2. The first-order valence-corrected chi connectivity index (χ1v) is 8.46. The van der Waals surface area contributed by atoms with Crippen LogP contribution in [0.25, 0.3) is 22.5 Å². The molecule has 130 valence electrons. The molecule has 0 aliphatic carbocycles. The molecule has 0 radical (unpaired) electrons. The van der Waals surface area contributed by atoms with Crippen molar-refractivity contribution in [2.24, 2.45) is 0 Å². The maximum atomic E-state index is 14.4. The SMILES string of the molecule is CC#Cc1cnc(-c2ccc(-c3ccc(CCC)c(F)c3F)cc2)nc1. The van der Waals surface area contributed by atoms with Gasteiger partial charge in [-0.25, -0.2) is 18.7 Å². The first-order chi connectivity index (χ1) is 12.6. The fraction of sp³-hybridized carbons (Fsp3) is 0.182. The topological polar surface area (TPSA) is 25.8 Å². The van der Waals surface area contributed by atoms with E-state index >= 15 is 0 Å². The van der Waals surface area contributed by atoms with Gasteiger partial charge in [0.05, 0.1) is 5.56 Å². The Morgan fingerprint density at radius 2 is 1.54 bits per heavy atom. The quantitative estimate of drug-likeness (QED) is 0.589. The lowest BCUT2D eigenvalue weighted by Crippen LogP contribution is -1.97. The smallest absolute Gasteiger partial charge is 0.166 e. The molecule has 26 heavy (non-hydrogen) atoms. The van der Waals surface area contributed by atoms with Crippen molar-refractivity contribution >= 4 is 0 Å². The van der Waals surface area contributed by atoms with Crippen LogP contribution in [0.2, 0.25) is 0 Å². The summed E-state index contributed by atoms with van der Waals surface area (Å²) >= 11 is 0. The van der Waals surface area contributed by atoms with Gasteiger partial charge < -0.3 is 0 Å². The van der Waals surface area contributed by atoms with E-state index in [2.05, 4.69) is 21.8 Å². The van der Waals surface area contributed by atoms with Crippen LogP contribution in [0.3, 0.4) is 0 Å². The molecule has 3 aromatic rings. The third kappa shape index (κ3) is 3.62. The van der Waals surface area contributed by atoms with E-state index < -0.39 is 11.6 Å².